The van der Waals surface area contributed by atoms with Crippen LogP contribution in [-0.2, 0) is 19.1 Å². The van der Waals surface area contributed by atoms with E-state index in [1.807, 2.05) is 0 Å². The van der Waals surface area contributed by atoms with Gasteiger partial charge in [-0.2, -0.15) is 0 Å². The van der Waals surface area contributed by atoms with Crippen molar-refractivity contribution in [2.24, 2.45) is 0 Å². The van der Waals surface area contributed by atoms with Crippen molar-refractivity contribution in [1.82, 2.24) is 0 Å². The monoisotopic (exact) mass is 369 g/mol. The summed E-state index contributed by atoms with van der Waals surface area (Å²) in [7, 11) is 2.85. The van der Waals surface area contributed by atoms with Gasteiger partial charge in [-0.15, -0.1) is 0 Å². The van der Waals surface area contributed by atoms with Gasteiger partial charge in [0.15, 0.2) is 6.61 Å². The molecule has 0 unspecified atom stereocenters. The third kappa shape index (κ3) is 6.32. The number of carbonyl (C=O) groups excluding carboxylic acids is 3. The Labute approximate surface area is 156 Å². The fraction of sp³-hybridized carbons (Fsp3) is 0.150. The molecule has 0 spiro atoms. The molecule has 140 valence electrons. The topological polar surface area (TPSA) is 90.9 Å². The first-order valence-corrected chi connectivity index (χ1v) is 7.99. The minimum absolute atomic E-state index is 0.406. The fourth-order valence-corrected chi connectivity index (χ4v) is 2.07. The number of anilines is 1. The highest BCUT2D eigenvalue weighted by atomic mass is 16.5. The van der Waals surface area contributed by atoms with Crippen LogP contribution in [0.15, 0.2) is 54.6 Å². The van der Waals surface area contributed by atoms with E-state index in [1.165, 1.54) is 19.3 Å². The van der Waals surface area contributed by atoms with Crippen molar-refractivity contribution in [3.05, 3.63) is 65.7 Å². The van der Waals surface area contributed by atoms with E-state index >= 15 is 0 Å². The summed E-state index contributed by atoms with van der Waals surface area (Å²) in [5.41, 5.74) is 1.67. The van der Waals surface area contributed by atoms with E-state index in [-0.39, 0.29) is 0 Å². The number of ether oxygens (including phenoxy) is 3. The number of methoxy groups -OCH3 is 2. The van der Waals surface area contributed by atoms with Crippen molar-refractivity contribution in [1.29, 1.82) is 0 Å². The quantitative estimate of drug-likeness (QED) is 0.596. The second kappa shape index (κ2) is 9.76. The molecule has 0 heterocycles. The van der Waals surface area contributed by atoms with Crippen LogP contribution in [-0.4, -0.2) is 38.7 Å². The van der Waals surface area contributed by atoms with E-state index in [1.54, 1.807) is 55.6 Å². The first-order valence-electron chi connectivity index (χ1n) is 7.99. The van der Waals surface area contributed by atoms with Crippen molar-refractivity contribution in [3.63, 3.8) is 0 Å². The van der Waals surface area contributed by atoms with Gasteiger partial charge in [-0.1, -0.05) is 12.1 Å². The Hall–Kier alpha value is -3.61. The zero-order valence-corrected chi connectivity index (χ0v) is 14.9. The van der Waals surface area contributed by atoms with Crippen LogP contribution in [0.3, 0.4) is 0 Å². The Morgan fingerprint density at radius 1 is 0.963 bits per heavy atom. The Morgan fingerprint density at radius 3 is 2.22 bits per heavy atom. The number of carbonyl (C=O) groups is 3. The number of esters is 2. The molecule has 2 aromatic carbocycles. The van der Waals surface area contributed by atoms with E-state index < -0.39 is 24.5 Å². The number of hydrogen-bond donors (Lipinski definition) is 1. The average molecular weight is 369 g/mol. The summed E-state index contributed by atoms with van der Waals surface area (Å²) in [4.78, 5) is 34.8. The molecule has 27 heavy (non-hydrogen) atoms. The molecule has 0 aliphatic heterocycles. The lowest BCUT2D eigenvalue weighted by molar-refractivity contribution is -0.142. The standard InChI is InChI=1S/C20H19NO6/c1-25-17-10-8-16(9-11-17)21-18(22)13-27-19(23)12-5-14-3-6-15(7-4-14)20(24)26-2/h3-12H,13H2,1-2H3,(H,21,22)/b12-5+. The van der Waals surface area contributed by atoms with Crippen LogP contribution >= 0.6 is 0 Å². The number of amides is 1. The summed E-state index contributed by atoms with van der Waals surface area (Å²) in [6, 6.07) is 13.2. The van der Waals surface area contributed by atoms with Crippen LogP contribution in [0.25, 0.3) is 6.08 Å². The van der Waals surface area contributed by atoms with Crippen LogP contribution < -0.4 is 10.1 Å². The highest BCUT2D eigenvalue weighted by Crippen LogP contribution is 2.14. The predicted octanol–water partition coefficient (Wildman–Crippen LogP) is 2.68. The minimum atomic E-state index is -0.656. The maximum atomic E-state index is 11.8. The first-order chi connectivity index (χ1) is 13.0. The van der Waals surface area contributed by atoms with Crippen LogP contribution in [0.5, 0.6) is 5.75 Å². The van der Waals surface area contributed by atoms with Crippen LogP contribution in [0.2, 0.25) is 0 Å². The summed E-state index contributed by atoms with van der Waals surface area (Å²) in [5.74, 6) is -0.877. The van der Waals surface area contributed by atoms with Gasteiger partial charge in [0.25, 0.3) is 5.91 Å². The van der Waals surface area contributed by atoms with E-state index in [4.69, 9.17) is 9.47 Å². The third-order valence-electron chi connectivity index (χ3n) is 3.46. The van der Waals surface area contributed by atoms with E-state index in [0.29, 0.717) is 22.6 Å². The molecule has 0 fully saturated rings. The molecule has 0 aliphatic rings. The van der Waals surface area contributed by atoms with E-state index in [2.05, 4.69) is 10.1 Å². The highest BCUT2D eigenvalue weighted by molar-refractivity contribution is 5.94. The number of nitrogens with one attached hydrogen (secondary N) is 1. The van der Waals surface area contributed by atoms with Gasteiger partial charge in [0.2, 0.25) is 0 Å². The van der Waals surface area contributed by atoms with Crippen LogP contribution in [0.1, 0.15) is 15.9 Å². The molecular formula is C20H19NO6. The largest absolute Gasteiger partial charge is 0.497 e. The Kier molecular flexibility index (Phi) is 7.13. The zero-order valence-electron chi connectivity index (χ0n) is 14.9. The van der Waals surface area contributed by atoms with Gasteiger partial charge in [-0.05, 0) is 48.0 Å². The minimum Gasteiger partial charge on any atom is -0.497 e. The molecule has 2 aromatic rings. The lowest BCUT2D eigenvalue weighted by Gasteiger charge is -2.06. The van der Waals surface area contributed by atoms with Crippen LogP contribution in [0.4, 0.5) is 5.69 Å². The smallest absolute Gasteiger partial charge is 0.337 e. The number of hydrogen-bond acceptors (Lipinski definition) is 6. The van der Waals surface area contributed by atoms with Crippen molar-refractivity contribution < 1.29 is 28.6 Å². The molecule has 0 aromatic heterocycles. The summed E-state index contributed by atoms with van der Waals surface area (Å²) in [6.07, 6.45) is 2.72. The predicted molar refractivity (Wildman–Crippen MR) is 99.4 cm³/mol. The molecule has 1 N–H and O–H groups in total. The van der Waals surface area contributed by atoms with Gasteiger partial charge >= 0.3 is 11.9 Å². The van der Waals surface area contributed by atoms with Gasteiger partial charge in [-0.25, -0.2) is 9.59 Å². The lowest BCUT2D eigenvalue weighted by atomic mass is 10.1. The number of rotatable bonds is 7. The summed E-state index contributed by atoms with van der Waals surface area (Å²) in [5, 5.41) is 2.61. The Morgan fingerprint density at radius 2 is 1.63 bits per heavy atom. The molecule has 2 rings (SSSR count). The lowest BCUT2D eigenvalue weighted by Crippen LogP contribution is -2.20. The van der Waals surface area contributed by atoms with E-state index in [9.17, 15) is 14.4 Å². The van der Waals surface area contributed by atoms with Gasteiger partial charge in [-0.3, -0.25) is 4.79 Å². The normalized spacial score (nSPS) is 10.3. The van der Waals surface area contributed by atoms with Crippen molar-refractivity contribution >= 4 is 29.6 Å². The highest BCUT2D eigenvalue weighted by Gasteiger charge is 2.06. The van der Waals surface area contributed by atoms with Gasteiger partial charge < -0.3 is 19.5 Å². The fourth-order valence-electron chi connectivity index (χ4n) is 2.07. The van der Waals surface area contributed by atoms with Crippen LogP contribution in [0, 0.1) is 0 Å². The van der Waals surface area contributed by atoms with Gasteiger partial charge in [0.05, 0.1) is 19.8 Å². The van der Waals surface area contributed by atoms with Crippen molar-refractivity contribution in [2.45, 2.75) is 0 Å². The second-order valence-corrected chi connectivity index (χ2v) is 5.33. The first kappa shape index (κ1) is 19.7. The molecule has 7 heteroatoms. The Bertz CT molecular complexity index is 825. The van der Waals surface area contributed by atoms with Crippen molar-refractivity contribution in [3.8, 4) is 5.75 Å². The third-order valence-corrected chi connectivity index (χ3v) is 3.46. The summed E-state index contributed by atoms with van der Waals surface area (Å²) >= 11 is 0. The molecule has 7 nitrogen and oxygen atoms in total. The maximum absolute atomic E-state index is 11.8. The molecule has 0 aliphatic carbocycles. The summed E-state index contributed by atoms with van der Waals surface area (Å²) in [6.45, 7) is -0.406. The summed E-state index contributed by atoms with van der Waals surface area (Å²) < 4.78 is 14.5. The van der Waals surface area contributed by atoms with Gasteiger partial charge in [0.1, 0.15) is 5.75 Å². The molecule has 0 saturated heterocycles. The molecular weight excluding hydrogens is 350 g/mol. The molecule has 0 bridgehead atoms. The second-order valence-electron chi connectivity index (χ2n) is 5.33. The Balaban J connectivity index is 1.79. The SMILES string of the molecule is COC(=O)c1ccc(/C=C/C(=O)OCC(=O)Nc2ccc(OC)cc2)cc1. The molecule has 0 saturated carbocycles. The van der Waals surface area contributed by atoms with Gasteiger partial charge in [0, 0.05) is 11.8 Å². The molecule has 1 amide bonds. The molecule has 0 atom stereocenters. The average Bonchev–Trinajstić information content (AvgIpc) is 2.71. The van der Waals surface area contributed by atoms with Crippen molar-refractivity contribution in [2.75, 3.05) is 26.1 Å². The zero-order chi connectivity index (χ0) is 19.6. The molecule has 0 radical (unpaired) electrons. The van der Waals surface area contributed by atoms with E-state index in [0.717, 1.165) is 0 Å². The maximum Gasteiger partial charge on any atom is 0.337 e. The number of benzene rings is 2.